The van der Waals surface area contributed by atoms with Crippen molar-refractivity contribution in [3.8, 4) is 0 Å². The lowest BCUT2D eigenvalue weighted by Crippen LogP contribution is -2.44. The van der Waals surface area contributed by atoms with Gasteiger partial charge in [-0.2, -0.15) is 13.2 Å². The number of carbonyl (C=O) groups is 3. The van der Waals surface area contributed by atoms with E-state index in [1.807, 2.05) is 17.0 Å². The first kappa shape index (κ1) is 25.1. The Balaban J connectivity index is 0.000000406. The summed E-state index contributed by atoms with van der Waals surface area (Å²) in [6.45, 7) is 2.40. The number of likely N-dealkylation sites (tertiary alicyclic amines) is 2. The number of hydrogen-bond donors (Lipinski definition) is 1. The zero-order valence-corrected chi connectivity index (χ0v) is 18.1. The number of aromatic nitrogens is 1. The number of halogens is 4. The van der Waals surface area contributed by atoms with E-state index in [1.54, 1.807) is 29.4 Å². The van der Waals surface area contributed by atoms with E-state index in [0.29, 0.717) is 32.6 Å². The van der Waals surface area contributed by atoms with Crippen LogP contribution in [-0.2, 0) is 16.1 Å². The summed E-state index contributed by atoms with van der Waals surface area (Å²) in [5.41, 5.74) is 1.06. The topological polar surface area (TPSA) is 90.8 Å². The Morgan fingerprint density at radius 1 is 1.09 bits per heavy atom. The van der Waals surface area contributed by atoms with Crippen molar-refractivity contribution in [2.45, 2.75) is 32.0 Å². The first-order chi connectivity index (χ1) is 16.0. The number of aliphatic carboxylic acids is 1. The maximum atomic E-state index is 13.9. The number of pyridine rings is 1. The van der Waals surface area contributed by atoms with Crippen molar-refractivity contribution in [1.29, 1.82) is 0 Å². The lowest BCUT2D eigenvalue weighted by Gasteiger charge is -2.38. The number of rotatable bonds is 3. The monoisotopic (exact) mass is 481 g/mol. The van der Waals surface area contributed by atoms with Crippen LogP contribution in [0.5, 0.6) is 0 Å². The molecule has 0 unspecified atom stereocenters. The fourth-order valence-electron chi connectivity index (χ4n) is 4.16. The average molecular weight is 481 g/mol. The van der Waals surface area contributed by atoms with Gasteiger partial charge in [0.2, 0.25) is 5.91 Å². The normalized spacial score (nSPS) is 17.4. The summed E-state index contributed by atoms with van der Waals surface area (Å²) in [6, 6.07) is 9.94. The molecule has 0 atom stereocenters. The molecule has 182 valence electrons. The van der Waals surface area contributed by atoms with Crippen molar-refractivity contribution in [1.82, 2.24) is 14.8 Å². The number of hydrogen-bond acceptors (Lipinski definition) is 4. The fraction of sp³-hybridized carbons (Fsp3) is 0.391. The molecule has 2 saturated heterocycles. The van der Waals surface area contributed by atoms with Crippen LogP contribution in [0, 0.1) is 11.2 Å². The van der Waals surface area contributed by atoms with E-state index in [1.165, 1.54) is 12.1 Å². The molecule has 0 saturated carbocycles. The van der Waals surface area contributed by atoms with Gasteiger partial charge in [0.05, 0.1) is 5.56 Å². The molecule has 2 aliphatic rings. The Labute approximate surface area is 193 Å². The molecule has 0 bridgehead atoms. The SMILES string of the molecule is O=C(O)C(F)(F)F.O=C1CC2(CCN(C(=O)c3ccccc3F)CC2)CN1Cc1cccnc1. The van der Waals surface area contributed by atoms with Gasteiger partial charge >= 0.3 is 12.1 Å². The maximum absolute atomic E-state index is 13.9. The van der Waals surface area contributed by atoms with Gasteiger partial charge in [0.1, 0.15) is 5.82 Å². The number of alkyl halides is 3. The molecule has 1 N–H and O–H groups in total. The third-order valence-corrected chi connectivity index (χ3v) is 5.96. The Kier molecular flexibility index (Phi) is 7.53. The predicted octanol–water partition coefficient (Wildman–Crippen LogP) is 3.51. The number of piperidine rings is 1. The number of carboxylic acids is 1. The molecule has 2 amide bonds. The van der Waals surface area contributed by atoms with Gasteiger partial charge in [0.15, 0.2) is 0 Å². The van der Waals surface area contributed by atoms with Crippen molar-refractivity contribution in [3.63, 3.8) is 0 Å². The number of benzene rings is 1. The number of nitrogens with zero attached hydrogens (tertiary/aromatic N) is 3. The molecule has 4 rings (SSSR count). The molecule has 2 aliphatic heterocycles. The molecule has 34 heavy (non-hydrogen) atoms. The van der Waals surface area contributed by atoms with Crippen molar-refractivity contribution >= 4 is 17.8 Å². The van der Waals surface area contributed by atoms with E-state index in [4.69, 9.17) is 9.90 Å². The summed E-state index contributed by atoms with van der Waals surface area (Å²) < 4.78 is 45.6. The Bertz CT molecular complexity index is 1040. The Morgan fingerprint density at radius 2 is 1.74 bits per heavy atom. The predicted molar refractivity (Wildman–Crippen MR) is 112 cm³/mol. The largest absolute Gasteiger partial charge is 0.490 e. The highest BCUT2D eigenvalue weighted by molar-refractivity contribution is 5.94. The van der Waals surface area contributed by atoms with E-state index in [0.717, 1.165) is 18.4 Å². The smallest absolute Gasteiger partial charge is 0.475 e. The van der Waals surface area contributed by atoms with Crippen molar-refractivity contribution in [2.75, 3.05) is 19.6 Å². The van der Waals surface area contributed by atoms with Crippen LogP contribution in [0.25, 0.3) is 0 Å². The van der Waals surface area contributed by atoms with Crippen LogP contribution in [0.2, 0.25) is 0 Å². The van der Waals surface area contributed by atoms with Crippen LogP contribution in [0.15, 0.2) is 48.8 Å². The molecule has 0 radical (unpaired) electrons. The second-order valence-corrected chi connectivity index (χ2v) is 8.36. The van der Waals surface area contributed by atoms with Gasteiger partial charge in [0.25, 0.3) is 5.91 Å². The summed E-state index contributed by atoms with van der Waals surface area (Å²) in [6.07, 6.45) is 0.479. The molecule has 3 heterocycles. The zero-order valence-electron chi connectivity index (χ0n) is 18.1. The van der Waals surface area contributed by atoms with Crippen LogP contribution in [0.1, 0.15) is 35.2 Å². The summed E-state index contributed by atoms with van der Waals surface area (Å²) >= 11 is 0. The molecular formula is C23H23F4N3O4. The standard InChI is InChI=1S/C21H22FN3O2.C2HF3O2/c22-18-6-2-1-5-17(18)20(27)24-10-7-21(8-11-24)12-19(26)25(15-21)14-16-4-3-9-23-13-16;3-2(4,5)1(6)7/h1-6,9,13H,7-8,10-12,14-15H2;(H,6,7). The Morgan fingerprint density at radius 3 is 2.29 bits per heavy atom. The molecule has 0 aliphatic carbocycles. The van der Waals surface area contributed by atoms with Gasteiger partial charge in [-0.15, -0.1) is 0 Å². The van der Waals surface area contributed by atoms with Crippen molar-refractivity contribution < 1.29 is 37.1 Å². The van der Waals surface area contributed by atoms with E-state index in [2.05, 4.69) is 4.98 Å². The highest BCUT2D eigenvalue weighted by Gasteiger charge is 2.45. The minimum atomic E-state index is -5.08. The fourth-order valence-corrected chi connectivity index (χ4v) is 4.16. The number of carboxylic acid groups (broad SMARTS) is 1. The molecule has 2 aromatic rings. The third kappa shape index (κ3) is 6.09. The molecular weight excluding hydrogens is 458 g/mol. The van der Waals surface area contributed by atoms with Crippen LogP contribution >= 0.6 is 0 Å². The molecule has 11 heteroatoms. The lowest BCUT2D eigenvalue weighted by atomic mass is 9.77. The van der Waals surface area contributed by atoms with Crippen molar-refractivity contribution in [2.24, 2.45) is 5.41 Å². The minimum absolute atomic E-state index is 0.0781. The Hall–Kier alpha value is -3.50. The maximum Gasteiger partial charge on any atom is 0.490 e. The summed E-state index contributed by atoms with van der Waals surface area (Å²) in [7, 11) is 0. The lowest BCUT2D eigenvalue weighted by molar-refractivity contribution is -0.192. The van der Waals surface area contributed by atoms with E-state index < -0.39 is 18.0 Å². The molecule has 7 nitrogen and oxygen atoms in total. The molecule has 1 aromatic carbocycles. The first-order valence-electron chi connectivity index (χ1n) is 10.5. The quantitative estimate of drug-likeness (QED) is 0.678. The second kappa shape index (κ2) is 10.2. The number of amides is 2. The van der Waals surface area contributed by atoms with Gasteiger partial charge < -0.3 is 14.9 Å². The van der Waals surface area contributed by atoms with Gasteiger partial charge in [-0.05, 0) is 36.6 Å². The summed E-state index contributed by atoms with van der Waals surface area (Å²) in [5.74, 6) is -3.35. The zero-order chi connectivity index (χ0) is 24.9. The molecule has 1 aromatic heterocycles. The van der Waals surface area contributed by atoms with Crippen LogP contribution in [0.3, 0.4) is 0 Å². The van der Waals surface area contributed by atoms with Gasteiger partial charge in [0, 0.05) is 50.4 Å². The number of carbonyl (C=O) groups excluding carboxylic acids is 2. The highest BCUT2D eigenvalue weighted by Crippen LogP contribution is 2.41. The third-order valence-electron chi connectivity index (χ3n) is 5.96. The minimum Gasteiger partial charge on any atom is -0.475 e. The van der Waals surface area contributed by atoms with E-state index in [-0.39, 0.29) is 22.8 Å². The second-order valence-electron chi connectivity index (χ2n) is 8.36. The van der Waals surface area contributed by atoms with Crippen LogP contribution in [-0.4, -0.2) is 63.5 Å². The van der Waals surface area contributed by atoms with Gasteiger partial charge in [-0.25, -0.2) is 9.18 Å². The first-order valence-corrected chi connectivity index (χ1v) is 10.5. The molecule has 2 fully saturated rings. The van der Waals surface area contributed by atoms with Crippen LogP contribution in [0.4, 0.5) is 17.6 Å². The van der Waals surface area contributed by atoms with E-state index in [9.17, 15) is 27.2 Å². The van der Waals surface area contributed by atoms with E-state index >= 15 is 0 Å². The highest BCUT2D eigenvalue weighted by atomic mass is 19.4. The molecule has 1 spiro atoms. The average Bonchev–Trinajstić information content (AvgIpc) is 3.09. The van der Waals surface area contributed by atoms with Crippen LogP contribution < -0.4 is 0 Å². The van der Waals surface area contributed by atoms with Gasteiger partial charge in [-0.3, -0.25) is 14.6 Å². The summed E-state index contributed by atoms with van der Waals surface area (Å²) in [4.78, 5) is 41.7. The van der Waals surface area contributed by atoms with Gasteiger partial charge in [-0.1, -0.05) is 18.2 Å². The summed E-state index contributed by atoms with van der Waals surface area (Å²) in [5, 5.41) is 7.12. The van der Waals surface area contributed by atoms with Crippen molar-refractivity contribution in [3.05, 3.63) is 65.7 Å².